The first-order valence-corrected chi connectivity index (χ1v) is 11.4. The Kier molecular flexibility index (Phi) is 7.47. The maximum absolute atomic E-state index is 13.0. The number of hydrogen-bond acceptors (Lipinski definition) is 4. The van der Waals surface area contributed by atoms with Gasteiger partial charge in [-0.25, -0.2) is 0 Å². The van der Waals surface area contributed by atoms with E-state index in [2.05, 4.69) is 5.32 Å². The normalized spacial score (nSPS) is 15.0. The predicted octanol–water partition coefficient (Wildman–Crippen LogP) is 5.41. The molecule has 3 aromatic rings. The SMILES string of the molecule is O=C(CN1CCCN(C(=O)c2ccc(-c3cccc(C(F)(F)F)c3)o2)CC1)Nc1ccccc1Cl. The summed E-state index contributed by atoms with van der Waals surface area (Å²) >= 11 is 6.09. The quantitative estimate of drug-likeness (QED) is 0.504. The molecule has 2 heterocycles. The molecule has 1 aromatic heterocycles. The van der Waals surface area contributed by atoms with E-state index in [1.807, 2.05) is 4.90 Å². The average molecular weight is 506 g/mol. The number of nitrogens with zero attached hydrogens (tertiary/aromatic N) is 2. The molecule has 0 saturated carbocycles. The van der Waals surface area contributed by atoms with Gasteiger partial charge >= 0.3 is 6.18 Å². The van der Waals surface area contributed by atoms with Crippen molar-refractivity contribution in [1.29, 1.82) is 0 Å². The zero-order valence-corrected chi connectivity index (χ0v) is 19.4. The van der Waals surface area contributed by atoms with E-state index in [0.29, 0.717) is 43.3 Å². The van der Waals surface area contributed by atoms with E-state index < -0.39 is 11.7 Å². The van der Waals surface area contributed by atoms with Crippen LogP contribution < -0.4 is 5.32 Å². The Morgan fingerprint density at radius 1 is 0.971 bits per heavy atom. The van der Waals surface area contributed by atoms with Crippen LogP contribution in [-0.2, 0) is 11.0 Å². The summed E-state index contributed by atoms with van der Waals surface area (Å²) in [5.74, 6) is -0.297. The number of carbonyl (C=O) groups is 2. The first-order valence-electron chi connectivity index (χ1n) is 11.0. The molecule has 35 heavy (non-hydrogen) atoms. The Labute approximate surface area is 205 Å². The summed E-state index contributed by atoms with van der Waals surface area (Å²) in [6.45, 7) is 2.14. The highest BCUT2D eigenvalue weighted by atomic mass is 35.5. The lowest BCUT2D eigenvalue weighted by molar-refractivity contribution is -0.137. The van der Waals surface area contributed by atoms with Gasteiger partial charge in [-0.2, -0.15) is 13.2 Å². The van der Waals surface area contributed by atoms with Crippen LogP contribution in [0.15, 0.2) is 65.1 Å². The molecule has 1 saturated heterocycles. The van der Waals surface area contributed by atoms with Gasteiger partial charge in [-0.1, -0.05) is 35.9 Å². The fraction of sp³-hybridized carbons (Fsp3) is 0.280. The standard InChI is InChI=1S/C25H23ClF3N3O3/c26-19-7-1-2-8-20(19)30-23(33)16-31-11-4-12-32(14-13-31)24(34)22-10-9-21(35-22)17-5-3-6-18(15-17)25(27,28)29/h1-3,5-10,15H,4,11-14,16H2,(H,30,33). The van der Waals surface area contributed by atoms with Crippen LogP contribution in [-0.4, -0.2) is 54.3 Å². The molecule has 4 rings (SSSR count). The molecule has 1 fully saturated rings. The summed E-state index contributed by atoms with van der Waals surface area (Å²) in [7, 11) is 0. The molecular weight excluding hydrogens is 483 g/mol. The molecule has 1 aliphatic rings. The fourth-order valence-electron chi connectivity index (χ4n) is 3.90. The van der Waals surface area contributed by atoms with Crippen LogP contribution in [0.25, 0.3) is 11.3 Å². The van der Waals surface area contributed by atoms with Crippen LogP contribution in [0, 0.1) is 0 Å². The van der Waals surface area contributed by atoms with E-state index in [9.17, 15) is 22.8 Å². The Balaban J connectivity index is 1.35. The van der Waals surface area contributed by atoms with Crippen LogP contribution in [0.2, 0.25) is 5.02 Å². The highest BCUT2D eigenvalue weighted by molar-refractivity contribution is 6.33. The van der Waals surface area contributed by atoms with E-state index in [4.69, 9.17) is 16.0 Å². The lowest BCUT2D eigenvalue weighted by Crippen LogP contribution is -2.38. The molecule has 1 N–H and O–H groups in total. The van der Waals surface area contributed by atoms with Gasteiger partial charge in [0.1, 0.15) is 5.76 Å². The number of nitrogens with one attached hydrogen (secondary N) is 1. The topological polar surface area (TPSA) is 65.8 Å². The minimum absolute atomic E-state index is 0.0577. The van der Waals surface area contributed by atoms with Gasteiger partial charge in [0, 0.05) is 31.7 Å². The Morgan fingerprint density at radius 2 is 1.77 bits per heavy atom. The zero-order chi connectivity index (χ0) is 25.0. The smallest absolute Gasteiger partial charge is 0.416 e. The summed E-state index contributed by atoms with van der Waals surface area (Å²) in [4.78, 5) is 29.0. The minimum Gasteiger partial charge on any atom is -0.451 e. The largest absolute Gasteiger partial charge is 0.451 e. The van der Waals surface area contributed by atoms with Crippen LogP contribution in [0.1, 0.15) is 22.5 Å². The van der Waals surface area contributed by atoms with Crippen molar-refractivity contribution in [2.45, 2.75) is 12.6 Å². The maximum Gasteiger partial charge on any atom is 0.416 e. The fourth-order valence-corrected chi connectivity index (χ4v) is 4.08. The van der Waals surface area contributed by atoms with Gasteiger partial charge in [-0.15, -0.1) is 0 Å². The molecule has 184 valence electrons. The summed E-state index contributed by atoms with van der Waals surface area (Å²) in [6, 6.07) is 14.7. The van der Waals surface area contributed by atoms with Crippen molar-refractivity contribution in [3.8, 4) is 11.3 Å². The summed E-state index contributed by atoms with van der Waals surface area (Å²) in [5, 5.41) is 3.25. The minimum atomic E-state index is -4.47. The molecule has 2 amide bonds. The van der Waals surface area contributed by atoms with Crippen molar-refractivity contribution in [1.82, 2.24) is 9.80 Å². The molecule has 6 nitrogen and oxygen atoms in total. The number of anilines is 1. The van der Waals surface area contributed by atoms with Crippen molar-refractivity contribution in [3.05, 3.63) is 77.0 Å². The number of halogens is 4. The van der Waals surface area contributed by atoms with E-state index in [1.165, 1.54) is 24.3 Å². The van der Waals surface area contributed by atoms with Crippen LogP contribution in [0.5, 0.6) is 0 Å². The third-order valence-electron chi connectivity index (χ3n) is 5.68. The third kappa shape index (κ3) is 6.23. The van der Waals surface area contributed by atoms with Crippen molar-refractivity contribution in [2.24, 2.45) is 0 Å². The van der Waals surface area contributed by atoms with Gasteiger partial charge in [-0.05, 0) is 42.8 Å². The van der Waals surface area contributed by atoms with Crippen LogP contribution >= 0.6 is 11.6 Å². The monoisotopic (exact) mass is 505 g/mol. The predicted molar refractivity (Wildman–Crippen MR) is 126 cm³/mol. The first-order chi connectivity index (χ1) is 16.7. The number of furan rings is 1. The van der Waals surface area contributed by atoms with Crippen LogP contribution in [0.4, 0.5) is 18.9 Å². The molecule has 0 radical (unpaired) electrons. The van der Waals surface area contributed by atoms with E-state index in [0.717, 1.165) is 12.1 Å². The lowest BCUT2D eigenvalue weighted by atomic mass is 10.1. The molecule has 0 spiro atoms. The molecule has 10 heteroatoms. The molecule has 0 aliphatic carbocycles. The summed E-state index contributed by atoms with van der Waals surface area (Å²) in [6.07, 6.45) is -3.81. The van der Waals surface area contributed by atoms with Gasteiger partial charge in [0.15, 0.2) is 5.76 Å². The second kappa shape index (κ2) is 10.5. The molecule has 2 aromatic carbocycles. The van der Waals surface area contributed by atoms with E-state index >= 15 is 0 Å². The van der Waals surface area contributed by atoms with Crippen molar-refractivity contribution < 1.29 is 27.2 Å². The number of amides is 2. The number of rotatable bonds is 5. The van der Waals surface area contributed by atoms with Crippen molar-refractivity contribution >= 4 is 29.1 Å². The van der Waals surface area contributed by atoms with Gasteiger partial charge in [-0.3, -0.25) is 14.5 Å². The summed E-state index contributed by atoms with van der Waals surface area (Å²) < 4.78 is 44.6. The number of benzene rings is 2. The number of hydrogen-bond donors (Lipinski definition) is 1. The van der Waals surface area contributed by atoms with Crippen molar-refractivity contribution in [3.63, 3.8) is 0 Å². The Hall–Kier alpha value is -3.30. The van der Waals surface area contributed by atoms with Gasteiger partial charge in [0.25, 0.3) is 5.91 Å². The second-order valence-electron chi connectivity index (χ2n) is 8.19. The Morgan fingerprint density at radius 3 is 2.54 bits per heavy atom. The van der Waals surface area contributed by atoms with Crippen LogP contribution in [0.3, 0.4) is 0 Å². The third-order valence-corrected chi connectivity index (χ3v) is 6.01. The first kappa shape index (κ1) is 24.8. The average Bonchev–Trinajstić information content (AvgIpc) is 3.21. The van der Waals surface area contributed by atoms with E-state index in [-0.39, 0.29) is 35.4 Å². The van der Waals surface area contributed by atoms with Crippen molar-refractivity contribution in [2.75, 3.05) is 38.0 Å². The molecule has 1 aliphatic heterocycles. The lowest BCUT2D eigenvalue weighted by Gasteiger charge is -2.21. The Bertz CT molecular complexity index is 1210. The molecule has 0 atom stereocenters. The zero-order valence-electron chi connectivity index (χ0n) is 18.6. The highest BCUT2D eigenvalue weighted by Crippen LogP contribution is 2.32. The molecule has 0 bridgehead atoms. The highest BCUT2D eigenvalue weighted by Gasteiger charge is 2.31. The number of para-hydroxylation sites is 1. The molecular formula is C25H23ClF3N3O3. The van der Waals surface area contributed by atoms with E-state index in [1.54, 1.807) is 29.2 Å². The molecule has 0 unspecified atom stereocenters. The second-order valence-corrected chi connectivity index (χ2v) is 8.60. The van der Waals surface area contributed by atoms with Gasteiger partial charge < -0.3 is 14.6 Å². The maximum atomic E-state index is 13.0. The number of alkyl halides is 3. The van der Waals surface area contributed by atoms with Gasteiger partial charge in [0.2, 0.25) is 5.91 Å². The van der Waals surface area contributed by atoms with Gasteiger partial charge in [0.05, 0.1) is 22.8 Å². The number of carbonyl (C=O) groups excluding carboxylic acids is 2. The summed E-state index contributed by atoms with van der Waals surface area (Å²) in [5.41, 5.74) is -0.00362.